The number of thioether (sulfide) groups is 1. The molecule has 172 valence electrons. The fraction of sp³-hybridized carbons (Fsp3) is 0.320. The third-order valence-electron chi connectivity index (χ3n) is 5.63. The van der Waals surface area contributed by atoms with Gasteiger partial charge in [-0.15, -0.1) is 0 Å². The van der Waals surface area contributed by atoms with Crippen molar-refractivity contribution in [1.29, 1.82) is 0 Å². The molecule has 0 saturated carbocycles. The Morgan fingerprint density at radius 3 is 2.55 bits per heavy atom. The number of nitrogens with zero attached hydrogens (tertiary/aromatic N) is 2. The zero-order valence-corrected chi connectivity index (χ0v) is 19.0. The Hall–Kier alpha value is -3.13. The van der Waals surface area contributed by atoms with Crippen LogP contribution in [0.4, 0.5) is 9.18 Å². The summed E-state index contributed by atoms with van der Waals surface area (Å²) >= 11 is 0.825. The molecule has 6 nitrogen and oxygen atoms in total. The van der Waals surface area contributed by atoms with Crippen LogP contribution in [0.1, 0.15) is 36.8 Å². The summed E-state index contributed by atoms with van der Waals surface area (Å²) in [6.45, 7) is 1.19. The van der Waals surface area contributed by atoms with E-state index in [0.717, 1.165) is 42.3 Å². The van der Waals surface area contributed by atoms with Crippen LogP contribution in [-0.4, -0.2) is 46.5 Å². The number of hydrogen-bond acceptors (Lipinski definition) is 5. The van der Waals surface area contributed by atoms with Gasteiger partial charge in [0.05, 0.1) is 4.91 Å². The summed E-state index contributed by atoms with van der Waals surface area (Å²) in [4.78, 5) is 40.9. The first kappa shape index (κ1) is 23.0. The van der Waals surface area contributed by atoms with Crippen LogP contribution in [0, 0.1) is 5.82 Å². The number of carbonyl (C=O) groups is 3. The van der Waals surface area contributed by atoms with Gasteiger partial charge in [-0.2, -0.15) is 0 Å². The fourth-order valence-electron chi connectivity index (χ4n) is 3.81. The number of carbonyl (C=O) groups excluding carboxylic acids is 3. The SMILES string of the molecule is O=C(CN1C(=O)SC(=Cc2cccc(OCc3ccccc3F)c2)C1=O)N1CCCCCC1. The van der Waals surface area contributed by atoms with Crippen molar-refractivity contribution in [2.45, 2.75) is 32.3 Å². The number of benzene rings is 2. The second-order valence-electron chi connectivity index (χ2n) is 8.02. The number of amides is 3. The lowest BCUT2D eigenvalue weighted by Gasteiger charge is -2.22. The second-order valence-corrected chi connectivity index (χ2v) is 9.01. The summed E-state index contributed by atoms with van der Waals surface area (Å²) in [6.07, 6.45) is 5.69. The zero-order valence-electron chi connectivity index (χ0n) is 18.2. The number of halogens is 1. The number of imide groups is 1. The smallest absolute Gasteiger partial charge is 0.294 e. The predicted octanol–water partition coefficient (Wildman–Crippen LogP) is 4.84. The molecule has 0 spiro atoms. The molecule has 2 heterocycles. The van der Waals surface area contributed by atoms with Crippen molar-refractivity contribution in [3.63, 3.8) is 0 Å². The maximum absolute atomic E-state index is 13.8. The Kier molecular flexibility index (Phi) is 7.44. The van der Waals surface area contributed by atoms with Gasteiger partial charge in [0.25, 0.3) is 11.1 Å². The Labute approximate surface area is 196 Å². The van der Waals surface area contributed by atoms with Crippen LogP contribution < -0.4 is 4.74 Å². The molecule has 2 aromatic carbocycles. The molecule has 0 bridgehead atoms. The molecule has 33 heavy (non-hydrogen) atoms. The largest absolute Gasteiger partial charge is 0.489 e. The van der Waals surface area contributed by atoms with Gasteiger partial charge in [-0.1, -0.05) is 43.2 Å². The summed E-state index contributed by atoms with van der Waals surface area (Å²) in [7, 11) is 0. The van der Waals surface area contributed by atoms with E-state index in [1.54, 1.807) is 53.4 Å². The molecule has 0 aromatic heterocycles. The summed E-state index contributed by atoms with van der Waals surface area (Å²) in [5.41, 5.74) is 1.11. The summed E-state index contributed by atoms with van der Waals surface area (Å²) in [5, 5.41) is -0.443. The highest BCUT2D eigenvalue weighted by molar-refractivity contribution is 8.18. The van der Waals surface area contributed by atoms with Gasteiger partial charge in [0, 0.05) is 18.7 Å². The molecule has 0 atom stereocenters. The molecule has 3 amide bonds. The quantitative estimate of drug-likeness (QED) is 0.568. The van der Waals surface area contributed by atoms with E-state index in [4.69, 9.17) is 4.74 Å². The Bertz CT molecular complexity index is 1080. The van der Waals surface area contributed by atoms with Gasteiger partial charge in [-0.25, -0.2) is 4.39 Å². The van der Waals surface area contributed by atoms with E-state index < -0.39 is 11.1 Å². The first-order valence-electron chi connectivity index (χ1n) is 11.0. The number of hydrogen-bond donors (Lipinski definition) is 0. The molecular weight excluding hydrogens is 443 g/mol. The maximum atomic E-state index is 13.8. The first-order chi connectivity index (χ1) is 16.0. The number of rotatable bonds is 6. The standard InChI is InChI=1S/C25H25FN2O4S/c26-21-11-4-3-9-19(21)17-32-20-10-7-8-18(14-20)15-22-24(30)28(25(31)33-22)16-23(29)27-12-5-1-2-6-13-27/h3-4,7-11,14-15H,1-2,5-6,12-13,16-17H2. The monoisotopic (exact) mass is 468 g/mol. The molecule has 8 heteroatoms. The molecule has 2 fully saturated rings. The van der Waals surface area contributed by atoms with E-state index in [0.29, 0.717) is 30.0 Å². The minimum absolute atomic E-state index is 0.0747. The van der Waals surface area contributed by atoms with Crippen LogP contribution in [0.2, 0.25) is 0 Å². The van der Waals surface area contributed by atoms with E-state index in [1.807, 2.05) is 0 Å². The minimum Gasteiger partial charge on any atom is -0.489 e. The van der Waals surface area contributed by atoms with Crippen LogP contribution >= 0.6 is 11.8 Å². The highest BCUT2D eigenvalue weighted by Crippen LogP contribution is 2.32. The van der Waals surface area contributed by atoms with Crippen molar-refractivity contribution in [1.82, 2.24) is 9.80 Å². The van der Waals surface area contributed by atoms with Crippen LogP contribution in [0.25, 0.3) is 6.08 Å². The van der Waals surface area contributed by atoms with Crippen molar-refractivity contribution in [2.24, 2.45) is 0 Å². The van der Waals surface area contributed by atoms with Crippen molar-refractivity contribution in [3.8, 4) is 5.75 Å². The van der Waals surface area contributed by atoms with E-state index in [-0.39, 0.29) is 29.8 Å². The van der Waals surface area contributed by atoms with Crippen molar-refractivity contribution < 1.29 is 23.5 Å². The van der Waals surface area contributed by atoms with E-state index in [2.05, 4.69) is 0 Å². The third kappa shape index (κ3) is 5.82. The highest BCUT2D eigenvalue weighted by atomic mass is 32.2. The topological polar surface area (TPSA) is 66.9 Å². The van der Waals surface area contributed by atoms with Crippen LogP contribution in [0.3, 0.4) is 0 Å². The lowest BCUT2D eigenvalue weighted by Crippen LogP contribution is -2.42. The highest BCUT2D eigenvalue weighted by Gasteiger charge is 2.37. The molecule has 0 radical (unpaired) electrons. The molecule has 0 unspecified atom stereocenters. The van der Waals surface area contributed by atoms with Gasteiger partial charge in [0.1, 0.15) is 24.7 Å². The number of likely N-dealkylation sites (tertiary alicyclic amines) is 1. The van der Waals surface area contributed by atoms with Crippen LogP contribution in [-0.2, 0) is 16.2 Å². The average molecular weight is 469 g/mol. The summed E-state index contributed by atoms with van der Waals surface area (Å²) < 4.78 is 19.5. The van der Waals surface area contributed by atoms with Crippen molar-refractivity contribution in [2.75, 3.05) is 19.6 Å². The van der Waals surface area contributed by atoms with E-state index >= 15 is 0 Å². The summed E-state index contributed by atoms with van der Waals surface area (Å²) in [5.74, 6) is -0.477. The van der Waals surface area contributed by atoms with Gasteiger partial charge < -0.3 is 9.64 Å². The van der Waals surface area contributed by atoms with Crippen LogP contribution in [0.5, 0.6) is 5.75 Å². The van der Waals surface area contributed by atoms with Gasteiger partial charge >= 0.3 is 0 Å². The minimum atomic E-state index is -0.467. The molecule has 2 aromatic rings. The Morgan fingerprint density at radius 1 is 1.03 bits per heavy atom. The van der Waals surface area contributed by atoms with Gasteiger partial charge in [0.2, 0.25) is 5.91 Å². The zero-order chi connectivity index (χ0) is 23.2. The van der Waals surface area contributed by atoms with E-state index in [9.17, 15) is 18.8 Å². The van der Waals surface area contributed by atoms with Gasteiger partial charge in [-0.3, -0.25) is 19.3 Å². The maximum Gasteiger partial charge on any atom is 0.294 e. The normalized spacial score (nSPS) is 18.0. The fourth-order valence-corrected chi connectivity index (χ4v) is 4.65. The molecular formula is C25H25FN2O4S. The van der Waals surface area contributed by atoms with Crippen LogP contribution in [0.15, 0.2) is 53.4 Å². The lowest BCUT2D eigenvalue weighted by atomic mass is 10.2. The Morgan fingerprint density at radius 2 is 1.79 bits per heavy atom. The number of ether oxygens (including phenoxy) is 1. The molecule has 0 N–H and O–H groups in total. The predicted molar refractivity (Wildman–Crippen MR) is 125 cm³/mol. The van der Waals surface area contributed by atoms with E-state index in [1.165, 1.54) is 6.07 Å². The molecule has 2 aliphatic rings. The molecule has 0 aliphatic carbocycles. The molecule has 2 aliphatic heterocycles. The first-order valence-corrected chi connectivity index (χ1v) is 11.8. The molecule has 2 saturated heterocycles. The van der Waals surface area contributed by atoms with Crippen molar-refractivity contribution >= 4 is 34.9 Å². The Balaban J connectivity index is 1.41. The van der Waals surface area contributed by atoms with Gasteiger partial charge in [-0.05, 0) is 54.4 Å². The average Bonchev–Trinajstić information content (AvgIpc) is 3.00. The lowest BCUT2D eigenvalue weighted by molar-refractivity contribution is -0.135. The summed E-state index contributed by atoms with van der Waals surface area (Å²) in [6, 6.07) is 13.4. The third-order valence-corrected chi connectivity index (χ3v) is 6.54. The van der Waals surface area contributed by atoms with Gasteiger partial charge in [0.15, 0.2) is 0 Å². The molecule has 4 rings (SSSR count). The van der Waals surface area contributed by atoms with Crippen molar-refractivity contribution in [3.05, 3.63) is 70.4 Å². The second kappa shape index (κ2) is 10.7.